The van der Waals surface area contributed by atoms with Crippen molar-refractivity contribution >= 4 is 5.97 Å². The smallest absolute Gasteiger partial charge is 0.356 e. The van der Waals surface area contributed by atoms with E-state index >= 15 is 0 Å². The molecule has 0 aliphatic heterocycles. The Bertz CT molecular complexity index is 947. The van der Waals surface area contributed by atoms with Crippen LogP contribution in [0.1, 0.15) is 21.6 Å². The van der Waals surface area contributed by atoms with Crippen LogP contribution in [0.25, 0.3) is 11.3 Å². The van der Waals surface area contributed by atoms with Crippen molar-refractivity contribution < 1.29 is 19.4 Å². The minimum atomic E-state index is -1.07. The molecule has 0 spiro atoms. The molecule has 3 aromatic rings. The summed E-state index contributed by atoms with van der Waals surface area (Å²) in [5.41, 5.74) is 3.54. The van der Waals surface area contributed by atoms with Crippen LogP contribution in [0, 0.1) is 6.92 Å². The lowest BCUT2D eigenvalue weighted by Crippen LogP contribution is -2.07. The average Bonchev–Trinajstić information content (AvgIpc) is 3.07. The zero-order chi connectivity index (χ0) is 18.7. The number of benzene rings is 2. The number of carboxylic acids is 1. The van der Waals surface area contributed by atoms with Gasteiger partial charge in [0.2, 0.25) is 0 Å². The molecule has 134 valence electrons. The monoisotopic (exact) mass is 352 g/mol. The van der Waals surface area contributed by atoms with E-state index in [9.17, 15) is 9.90 Å². The summed E-state index contributed by atoms with van der Waals surface area (Å²) in [5.74, 6) is 0.201. The molecule has 1 heterocycles. The second-order valence-corrected chi connectivity index (χ2v) is 5.87. The Balaban J connectivity index is 2.15. The van der Waals surface area contributed by atoms with E-state index in [1.807, 2.05) is 37.3 Å². The first-order valence-electron chi connectivity index (χ1n) is 8.11. The maximum Gasteiger partial charge on any atom is 0.356 e. The fourth-order valence-electron chi connectivity index (χ4n) is 2.82. The first-order chi connectivity index (χ1) is 12.5. The van der Waals surface area contributed by atoms with Crippen LogP contribution in [-0.2, 0) is 6.54 Å². The molecule has 0 saturated carbocycles. The van der Waals surface area contributed by atoms with Crippen molar-refractivity contribution in [2.45, 2.75) is 13.5 Å². The van der Waals surface area contributed by atoms with Gasteiger partial charge in [-0.2, -0.15) is 5.10 Å². The van der Waals surface area contributed by atoms with E-state index in [0.29, 0.717) is 23.7 Å². The summed E-state index contributed by atoms with van der Waals surface area (Å²) < 4.78 is 12.4. The Morgan fingerprint density at radius 2 is 1.88 bits per heavy atom. The highest BCUT2D eigenvalue weighted by Gasteiger charge is 2.19. The molecule has 6 heteroatoms. The highest BCUT2D eigenvalue weighted by molar-refractivity contribution is 5.87. The minimum absolute atomic E-state index is 0.0153. The maximum absolute atomic E-state index is 11.5. The molecule has 0 aliphatic carbocycles. The number of hydrogen-bond acceptors (Lipinski definition) is 4. The number of aromatic nitrogens is 2. The van der Waals surface area contributed by atoms with Gasteiger partial charge in [-0.3, -0.25) is 4.68 Å². The molecule has 0 unspecified atom stereocenters. The molecule has 0 atom stereocenters. The van der Waals surface area contributed by atoms with Crippen molar-refractivity contribution in [2.24, 2.45) is 0 Å². The van der Waals surface area contributed by atoms with Crippen LogP contribution >= 0.6 is 0 Å². The van der Waals surface area contributed by atoms with Gasteiger partial charge in [-0.25, -0.2) is 4.79 Å². The number of carbonyl (C=O) groups is 1. The summed E-state index contributed by atoms with van der Waals surface area (Å²) in [7, 11) is 3.16. The molecule has 0 fully saturated rings. The van der Waals surface area contributed by atoms with Crippen LogP contribution in [0.5, 0.6) is 11.5 Å². The number of hydrogen-bond donors (Lipinski definition) is 1. The number of rotatable bonds is 6. The van der Waals surface area contributed by atoms with Gasteiger partial charge >= 0.3 is 5.97 Å². The molecule has 0 bridgehead atoms. The minimum Gasteiger partial charge on any atom is -0.497 e. The highest BCUT2D eigenvalue weighted by Crippen LogP contribution is 2.34. The second kappa shape index (κ2) is 7.31. The largest absolute Gasteiger partial charge is 0.497 e. The Kier molecular flexibility index (Phi) is 4.93. The van der Waals surface area contributed by atoms with E-state index in [2.05, 4.69) is 5.10 Å². The van der Waals surface area contributed by atoms with Gasteiger partial charge < -0.3 is 14.6 Å². The number of methoxy groups -OCH3 is 2. The highest BCUT2D eigenvalue weighted by atomic mass is 16.5. The Labute approximate surface area is 151 Å². The van der Waals surface area contributed by atoms with Gasteiger partial charge in [0, 0.05) is 5.56 Å². The van der Waals surface area contributed by atoms with E-state index < -0.39 is 5.97 Å². The Hall–Kier alpha value is -3.28. The third-order valence-corrected chi connectivity index (χ3v) is 4.26. The van der Waals surface area contributed by atoms with Gasteiger partial charge in [0.05, 0.1) is 26.5 Å². The zero-order valence-electron chi connectivity index (χ0n) is 14.9. The average molecular weight is 352 g/mol. The van der Waals surface area contributed by atoms with Gasteiger partial charge in [0.25, 0.3) is 0 Å². The topological polar surface area (TPSA) is 73.6 Å². The molecule has 0 saturated heterocycles. The van der Waals surface area contributed by atoms with Crippen LogP contribution in [0.3, 0.4) is 0 Å². The number of nitrogens with zero attached hydrogens (tertiary/aromatic N) is 2. The van der Waals surface area contributed by atoms with Gasteiger partial charge in [-0.1, -0.05) is 24.3 Å². The van der Waals surface area contributed by atoms with E-state index in [-0.39, 0.29) is 5.69 Å². The Morgan fingerprint density at radius 1 is 1.12 bits per heavy atom. The van der Waals surface area contributed by atoms with Crippen molar-refractivity contribution in [2.75, 3.05) is 14.2 Å². The van der Waals surface area contributed by atoms with Gasteiger partial charge in [-0.15, -0.1) is 0 Å². The van der Waals surface area contributed by atoms with Crippen molar-refractivity contribution in [1.82, 2.24) is 9.78 Å². The van der Waals surface area contributed by atoms with Gasteiger partial charge in [0.1, 0.15) is 11.5 Å². The predicted molar refractivity (Wildman–Crippen MR) is 98.0 cm³/mol. The Morgan fingerprint density at radius 3 is 2.54 bits per heavy atom. The summed E-state index contributed by atoms with van der Waals surface area (Å²) in [5, 5.41) is 13.7. The van der Waals surface area contributed by atoms with E-state index in [1.54, 1.807) is 37.1 Å². The zero-order valence-corrected chi connectivity index (χ0v) is 14.9. The molecule has 6 nitrogen and oxygen atoms in total. The summed E-state index contributed by atoms with van der Waals surface area (Å²) in [6, 6.07) is 14.9. The van der Waals surface area contributed by atoms with E-state index in [4.69, 9.17) is 9.47 Å². The van der Waals surface area contributed by atoms with Crippen molar-refractivity contribution in [1.29, 1.82) is 0 Å². The molecule has 1 aromatic heterocycles. The van der Waals surface area contributed by atoms with Crippen LogP contribution < -0.4 is 9.47 Å². The first kappa shape index (κ1) is 17.5. The first-order valence-corrected chi connectivity index (χ1v) is 8.11. The van der Waals surface area contributed by atoms with Crippen LogP contribution in [-0.4, -0.2) is 35.1 Å². The number of aromatic carboxylic acids is 1. The van der Waals surface area contributed by atoms with Gasteiger partial charge in [0.15, 0.2) is 5.69 Å². The SMILES string of the molecule is COc1ccc(OC)c(-c2cc(C(=O)O)nn2Cc2ccccc2C)c1. The predicted octanol–water partition coefficient (Wildman–Crippen LogP) is 3.62. The van der Waals surface area contributed by atoms with Crippen LogP contribution in [0.4, 0.5) is 0 Å². The van der Waals surface area contributed by atoms with Crippen molar-refractivity contribution in [3.8, 4) is 22.8 Å². The van der Waals surface area contributed by atoms with Crippen LogP contribution in [0.2, 0.25) is 0 Å². The van der Waals surface area contributed by atoms with Crippen molar-refractivity contribution in [3.63, 3.8) is 0 Å². The number of aryl methyl sites for hydroxylation is 1. The molecular formula is C20H20N2O4. The molecule has 26 heavy (non-hydrogen) atoms. The second-order valence-electron chi connectivity index (χ2n) is 5.87. The van der Waals surface area contributed by atoms with Crippen molar-refractivity contribution in [3.05, 3.63) is 65.4 Å². The molecule has 1 N–H and O–H groups in total. The lowest BCUT2D eigenvalue weighted by molar-refractivity contribution is 0.0689. The number of ether oxygens (including phenoxy) is 2. The summed E-state index contributed by atoms with van der Waals surface area (Å²) in [6.45, 7) is 2.47. The van der Waals surface area contributed by atoms with Gasteiger partial charge in [-0.05, 0) is 42.3 Å². The standard InChI is InChI=1S/C20H20N2O4/c1-13-6-4-5-7-14(13)12-22-18(11-17(21-22)20(23)24)16-10-15(25-2)8-9-19(16)26-3/h4-11H,12H2,1-3H3,(H,23,24). The quantitative estimate of drug-likeness (QED) is 0.733. The summed E-state index contributed by atoms with van der Waals surface area (Å²) >= 11 is 0. The lowest BCUT2D eigenvalue weighted by atomic mass is 10.1. The summed E-state index contributed by atoms with van der Waals surface area (Å²) in [6.07, 6.45) is 0. The molecule has 0 radical (unpaired) electrons. The third-order valence-electron chi connectivity index (χ3n) is 4.26. The fraction of sp³-hybridized carbons (Fsp3) is 0.200. The molecule has 0 amide bonds. The van der Waals surface area contributed by atoms with E-state index in [0.717, 1.165) is 16.7 Å². The molecule has 0 aliphatic rings. The van der Waals surface area contributed by atoms with Crippen LogP contribution in [0.15, 0.2) is 48.5 Å². The summed E-state index contributed by atoms with van der Waals surface area (Å²) in [4.78, 5) is 11.5. The number of carboxylic acid groups (broad SMARTS) is 1. The maximum atomic E-state index is 11.5. The molecule has 3 rings (SSSR count). The third kappa shape index (κ3) is 3.39. The molecular weight excluding hydrogens is 332 g/mol. The normalized spacial score (nSPS) is 10.6. The van der Waals surface area contributed by atoms with E-state index in [1.165, 1.54) is 0 Å². The lowest BCUT2D eigenvalue weighted by Gasteiger charge is -2.13. The fourth-order valence-corrected chi connectivity index (χ4v) is 2.82. The molecule has 2 aromatic carbocycles.